The molecule has 1 saturated heterocycles. The molecule has 2 N–H and O–H groups in total. The van der Waals surface area contributed by atoms with Crippen LogP contribution >= 0.6 is 11.5 Å². The van der Waals surface area contributed by atoms with E-state index < -0.39 is 11.6 Å². The van der Waals surface area contributed by atoms with Crippen LogP contribution in [0.1, 0.15) is 6.92 Å². The lowest BCUT2D eigenvalue weighted by Crippen LogP contribution is -2.64. The zero-order valence-electron chi connectivity index (χ0n) is 9.49. The Kier molecular flexibility index (Phi) is 3.39. The first kappa shape index (κ1) is 12.6. The van der Waals surface area contributed by atoms with Gasteiger partial charge < -0.3 is 14.7 Å². The van der Waals surface area contributed by atoms with Crippen molar-refractivity contribution in [3.63, 3.8) is 0 Å². The fourth-order valence-electron chi connectivity index (χ4n) is 1.58. The number of ether oxygens (including phenoxy) is 1. The van der Waals surface area contributed by atoms with Crippen molar-refractivity contribution in [2.75, 3.05) is 25.0 Å². The fourth-order valence-corrected chi connectivity index (χ4v) is 1.94. The van der Waals surface area contributed by atoms with E-state index in [9.17, 15) is 9.59 Å². The summed E-state index contributed by atoms with van der Waals surface area (Å²) >= 11 is 0.978. The van der Waals surface area contributed by atoms with E-state index in [-0.39, 0.29) is 12.6 Å². The van der Waals surface area contributed by atoms with Crippen molar-refractivity contribution in [3.8, 4) is 0 Å². The van der Waals surface area contributed by atoms with Gasteiger partial charge >= 0.3 is 12.0 Å². The maximum absolute atomic E-state index is 11.7. The molecule has 2 rings (SSSR count). The van der Waals surface area contributed by atoms with Crippen LogP contribution in [-0.4, -0.2) is 62.1 Å². The van der Waals surface area contributed by atoms with Crippen molar-refractivity contribution < 1.29 is 19.4 Å². The molecule has 0 saturated carbocycles. The average molecular weight is 273 g/mol. The summed E-state index contributed by atoms with van der Waals surface area (Å²) in [5.74, 6) is -1.03. The highest BCUT2D eigenvalue weighted by Crippen LogP contribution is 2.25. The predicted octanol–water partition coefficient (Wildman–Crippen LogP) is -0.360. The summed E-state index contributed by atoms with van der Waals surface area (Å²) in [6, 6.07) is -0.329. The van der Waals surface area contributed by atoms with Crippen molar-refractivity contribution in [1.29, 1.82) is 0 Å². The number of carbonyl (C=O) groups excluding carboxylic acids is 1. The molecule has 98 valence electrons. The number of nitrogens with one attached hydrogen (secondary N) is 1. The third-order valence-corrected chi connectivity index (χ3v) is 2.91. The second-order valence-electron chi connectivity index (χ2n) is 4.09. The number of hydrogen-bond donors (Lipinski definition) is 2. The standard InChI is InChI=1S/C8H11N5O4S/c1-8(17-2-5(14)15)3-13(4-8)7(16)9-6-10-11-12-18-6/h2-4H2,1H3,(H,14,15)(H,9,10,12,16). The minimum absolute atomic E-state index is 0.319. The number of aromatic nitrogens is 3. The Morgan fingerprint density at radius 3 is 2.89 bits per heavy atom. The molecule has 2 heterocycles. The van der Waals surface area contributed by atoms with E-state index in [2.05, 4.69) is 20.1 Å². The van der Waals surface area contributed by atoms with Gasteiger partial charge in [0.25, 0.3) is 0 Å². The third kappa shape index (κ3) is 2.90. The zero-order valence-corrected chi connectivity index (χ0v) is 10.3. The summed E-state index contributed by atoms with van der Waals surface area (Å²) in [5.41, 5.74) is -0.602. The highest BCUT2D eigenvalue weighted by atomic mass is 32.1. The van der Waals surface area contributed by atoms with Crippen LogP contribution < -0.4 is 5.32 Å². The number of nitrogens with zero attached hydrogens (tertiary/aromatic N) is 4. The summed E-state index contributed by atoms with van der Waals surface area (Å²) in [6.07, 6.45) is 0. The van der Waals surface area contributed by atoms with E-state index in [0.717, 1.165) is 11.5 Å². The van der Waals surface area contributed by atoms with Crippen LogP contribution in [0.5, 0.6) is 0 Å². The number of likely N-dealkylation sites (tertiary alicyclic amines) is 1. The van der Waals surface area contributed by atoms with Crippen molar-refractivity contribution in [3.05, 3.63) is 0 Å². The molecule has 0 unspecified atom stereocenters. The molecule has 2 amide bonds. The Labute approximate surface area is 106 Å². The quantitative estimate of drug-likeness (QED) is 0.769. The monoisotopic (exact) mass is 273 g/mol. The highest BCUT2D eigenvalue weighted by Gasteiger charge is 2.43. The first-order valence-electron chi connectivity index (χ1n) is 5.05. The normalized spacial score (nSPS) is 17.1. The van der Waals surface area contributed by atoms with Crippen LogP contribution in [0.2, 0.25) is 0 Å². The Hall–Kier alpha value is -1.81. The van der Waals surface area contributed by atoms with E-state index in [1.807, 2.05) is 0 Å². The molecule has 1 aromatic rings. The molecule has 1 aromatic heterocycles. The van der Waals surface area contributed by atoms with Gasteiger partial charge in [0.1, 0.15) is 12.2 Å². The molecular weight excluding hydrogens is 262 g/mol. The predicted molar refractivity (Wildman–Crippen MR) is 60.3 cm³/mol. The Morgan fingerprint density at radius 1 is 1.61 bits per heavy atom. The summed E-state index contributed by atoms with van der Waals surface area (Å²) in [7, 11) is 0. The van der Waals surface area contributed by atoms with E-state index >= 15 is 0 Å². The summed E-state index contributed by atoms with van der Waals surface area (Å²) < 4.78 is 8.70. The van der Waals surface area contributed by atoms with E-state index in [1.165, 1.54) is 4.90 Å². The van der Waals surface area contributed by atoms with Crippen LogP contribution in [0, 0.1) is 0 Å². The second kappa shape index (κ2) is 4.82. The fraction of sp³-hybridized carbons (Fsp3) is 0.625. The lowest BCUT2D eigenvalue weighted by molar-refractivity contribution is -0.159. The molecule has 0 atom stereocenters. The Balaban J connectivity index is 1.77. The molecule has 0 radical (unpaired) electrons. The topological polar surface area (TPSA) is 118 Å². The first-order valence-corrected chi connectivity index (χ1v) is 5.83. The minimum Gasteiger partial charge on any atom is -0.480 e. The third-order valence-electron chi connectivity index (χ3n) is 2.40. The smallest absolute Gasteiger partial charge is 0.329 e. The molecular formula is C8H11N5O4S. The van der Waals surface area contributed by atoms with E-state index in [0.29, 0.717) is 18.2 Å². The summed E-state index contributed by atoms with van der Waals surface area (Å²) in [6.45, 7) is 2.05. The van der Waals surface area contributed by atoms with Crippen molar-refractivity contribution in [2.24, 2.45) is 0 Å². The SMILES string of the molecule is CC1(OCC(=O)O)CN(C(=O)Nc2nnns2)C1. The number of urea groups is 1. The average Bonchev–Trinajstić information content (AvgIpc) is 2.75. The van der Waals surface area contributed by atoms with Crippen LogP contribution in [0.25, 0.3) is 0 Å². The zero-order chi connectivity index (χ0) is 13.2. The van der Waals surface area contributed by atoms with Gasteiger partial charge in [0.05, 0.1) is 13.1 Å². The van der Waals surface area contributed by atoms with Crippen LogP contribution in [0.4, 0.5) is 9.93 Å². The number of carboxylic acids is 1. The molecule has 0 bridgehead atoms. The van der Waals surface area contributed by atoms with Gasteiger partial charge in [-0.25, -0.2) is 9.59 Å². The van der Waals surface area contributed by atoms with E-state index in [4.69, 9.17) is 9.84 Å². The molecule has 1 fully saturated rings. The van der Waals surface area contributed by atoms with Gasteiger partial charge in [-0.1, -0.05) is 9.59 Å². The largest absolute Gasteiger partial charge is 0.480 e. The first-order chi connectivity index (χ1) is 8.48. The Bertz CT molecular complexity index is 444. The molecule has 10 heteroatoms. The van der Waals surface area contributed by atoms with Gasteiger partial charge in [0.15, 0.2) is 0 Å². The minimum atomic E-state index is -1.03. The molecule has 0 aromatic carbocycles. The lowest BCUT2D eigenvalue weighted by atomic mass is 9.97. The number of carbonyl (C=O) groups is 2. The number of hydrogen-bond acceptors (Lipinski definition) is 7. The summed E-state index contributed by atoms with van der Waals surface area (Å²) in [5, 5.41) is 18.3. The van der Waals surface area contributed by atoms with Crippen LogP contribution in [-0.2, 0) is 9.53 Å². The number of rotatable bonds is 4. The van der Waals surface area contributed by atoms with Gasteiger partial charge in [-0.2, -0.15) is 0 Å². The van der Waals surface area contributed by atoms with Gasteiger partial charge in [-0.05, 0) is 12.1 Å². The molecule has 0 spiro atoms. The van der Waals surface area contributed by atoms with Crippen LogP contribution in [0.3, 0.4) is 0 Å². The maximum Gasteiger partial charge on any atom is 0.329 e. The van der Waals surface area contributed by atoms with Crippen molar-refractivity contribution in [2.45, 2.75) is 12.5 Å². The van der Waals surface area contributed by atoms with E-state index in [1.54, 1.807) is 6.92 Å². The Morgan fingerprint density at radius 2 is 2.33 bits per heavy atom. The number of amides is 2. The van der Waals surface area contributed by atoms with Crippen molar-refractivity contribution >= 4 is 28.7 Å². The maximum atomic E-state index is 11.7. The van der Waals surface area contributed by atoms with Gasteiger partial charge in [0, 0.05) is 11.5 Å². The number of carboxylic acid groups (broad SMARTS) is 1. The van der Waals surface area contributed by atoms with Crippen molar-refractivity contribution in [1.82, 2.24) is 19.7 Å². The van der Waals surface area contributed by atoms with Crippen LogP contribution in [0.15, 0.2) is 0 Å². The van der Waals surface area contributed by atoms with Gasteiger partial charge in [-0.3, -0.25) is 5.32 Å². The summed E-state index contributed by atoms with van der Waals surface area (Å²) in [4.78, 5) is 23.5. The second-order valence-corrected chi connectivity index (χ2v) is 4.82. The molecule has 18 heavy (non-hydrogen) atoms. The highest BCUT2D eigenvalue weighted by molar-refractivity contribution is 7.09. The molecule has 1 aliphatic rings. The molecule has 1 aliphatic heterocycles. The lowest BCUT2D eigenvalue weighted by Gasteiger charge is -2.46. The molecule has 0 aliphatic carbocycles. The van der Waals surface area contributed by atoms with Gasteiger partial charge in [0.2, 0.25) is 5.13 Å². The van der Waals surface area contributed by atoms with Gasteiger partial charge in [-0.15, -0.1) is 0 Å². The molecule has 9 nitrogen and oxygen atoms in total. The number of anilines is 1. The number of aliphatic carboxylic acids is 1.